The first kappa shape index (κ1) is 25.0. The van der Waals surface area contributed by atoms with Crippen molar-refractivity contribution in [3.63, 3.8) is 0 Å². The second-order valence-electron chi connectivity index (χ2n) is 10.9. The fraction of sp³-hybridized carbons (Fsp3) is 0.481. The molecule has 0 unspecified atom stereocenters. The molecule has 0 saturated heterocycles. The highest BCUT2D eigenvalue weighted by Gasteiger charge is 2.39. The summed E-state index contributed by atoms with van der Waals surface area (Å²) in [5.41, 5.74) is 11.0. The molecule has 37 heavy (non-hydrogen) atoms. The molecule has 196 valence electrons. The second kappa shape index (κ2) is 9.66. The number of hydrogen-bond acceptors (Lipinski definition) is 10. The first-order valence-electron chi connectivity index (χ1n) is 12.7. The van der Waals surface area contributed by atoms with Crippen molar-refractivity contribution < 1.29 is 4.74 Å². The SMILES string of the molecule is COc1nc(N(C)CCN(C)C)c(N)cc1Nc1cc(N2CC(C)(C)c3nc(C4CC4)ccc32)ncn1. The largest absolute Gasteiger partial charge is 0.479 e. The lowest BCUT2D eigenvalue weighted by molar-refractivity contribution is 0.398. The summed E-state index contributed by atoms with van der Waals surface area (Å²) in [6.45, 7) is 6.96. The number of rotatable bonds is 9. The summed E-state index contributed by atoms with van der Waals surface area (Å²) < 4.78 is 5.60. The van der Waals surface area contributed by atoms with Gasteiger partial charge in [-0.1, -0.05) is 13.8 Å². The lowest BCUT2D eigenvalue weighted by atomic mass is 9.91. The van der Waals surface area contributed by atoms with Crippen molar-refractivity contribution in [1.82, 2.24) is 24.8 Å². The number of hydrogen-bond donors (Lipinski definition) is 2. The smallest absolute Gasteiger partial charge is 0.239 e. The Bertz CT molecular complexity index is 1290. The first-order valence-corrected chi connectivity index (χ1v) is 12.7. The lowest BCUT2D eigenvalue weighted by Gasteiger charge is -2.23. The zero-order chi connectivity index (χ0) is 26.3. The molecule has 0 atom stereocenters. The number of nitrogens with one attached hydrogen (secondary N) is 1. The number of fused-ring (bicyclic) bond motifs is 1. The van der Waals surface area contributed by atoms with E-state index in [-0.39, 0.29) is 5.41 Å². The zero-order valence-electron chi connectivity index (χ0n) is 22.6. The van der Waals surface area contributed by atoms with Crippen LogP contribution < -0.4 is 25.6 Å². The van der Waals surface area contributed by atoms with Crippen molar-refractivity contribution in [3.05, 3.63) is 42.0 Å². The Morgan fingerprint density at radius 2 is 1.89 bits per heavy atom. The molecule has 0 bridgehead atoms. The fourth-order valence-electron chi connectivity index (χ4n) is 4.76. The molecule has 1 saturated carbocycles. The predicted molar refractivity (Wildman–Crippen MR) is 149 cm³/mol. The minimum absolute atomic E-state index is 0.0746. The minimum atomic E-state index is -0.0746. The molecule has 1 aliphatic heterocycles. The third-order valence-corrected chi connectivity index (χ3v) is 7.00. The number of nitrogens with zero attached hydrogens (tertiary/aromatic N) is 7. The van der Waals surface area contributed by atoms with Crippen molar-refractivity contribution in [2.75, 3.05) is 68.7 Å². The van der Waals surface area contributed by atoms with E-state index < -0.39 is 0 Å². The van der Waals surface area contributed by atoms with Crippen molar-refractivity contribution in [2.24, 2.45) is 0 Å². The van der Waals surface area contributed by atoms with E-state index in [0.29, 0.717) is 34.8 Å². The highest BCUT2D eigenvalue weighted by Crippen LogP contribution is 2.46. The molecular weight excluding hydrogens is 466 g/mol. The van der Waals surface area contributed by atoms with E-state index >= 15 is 0 Å². The highest BCUT2D eigenvalue weighted by molar-refractivity contribution is 5.76. The van der Waals surface area contributed by atoms with Gasteiger partial charge in [0.1, 0.15) is 23.7 Å². The topological polar surface area (TPSA) is 109 Å². The monoisotopic (exact) mass is 503 g/mol. The van der Waals surface area contributed by atoms with Gasteiger partial charge in [0.25, 0.3) is 0 Å². The Kier molecular flexibility index (Phi) is 6.53. The number of nitrogen functional groups attached to an aromatic ring is 1. The van der Waals surface area contributed by atoms with E-state index in [4.69, 9.17) is 15.5 Å². The Hall–Kier alpha value is -3.66. The maximum Gasteiger partial charge on any atom is 0.239 e. The van der Waals surface area contributed by atoms with Gasteiger partial charge >= 0.3 is 0 Å². The quantitative estimate of drug-likeness (QED) is 0.446. The maximum atomic E-state index is 6.39. The van der Waals surface area contributed by atoms with Crippen molar-refractivity contribution >= 4 is 34.5 Å². The van der Waals surface area contributed by atoms with Gasteiger partial charge in [-0.25, -0.2) is 9.97 Å². The molecule has 1 fully saturated rings. The third-order valence-electron chi connectivity index (χ3n) is 7.00. The molecule has 10 nitrogen and oxygen atoms in total. The highest BCUT2D eigenvalue weighted by atomic mass is 16.5. The van der Waals surface area contributed by atoms with Gasteiger partial charge in [-0.15, -0.1) is 0 Å². The number of anilines is 6. The van der Waals surface area contributed by atoms with Crippen LogP contribution in [-0.2, 0) is 5.41 Å². The summed E-state index contributed by atoms with van der Waals surface area (Å²) >= 11 is 0. The van der Waals surface area contributed by atoms with E-state index in [1.54, 1.807) is 13.4 Å². The standard InChI is InChI=1S/C27H37N9O/c1-27(2)15-36(21-10-9-19(17-7-8-17)32-24(21)27)23-14-22(29-16-30-23)31-20-13-18(28)25(33-26(20)37-6)35(5)12-11-34(3)4/h9-10,13-14,16-17H,7-8,11-12,15,28H2,1-6H3,(H,29,30,31). The predicted octanol–water partition coefficient (Wildman–Crippen LogP) is 3.91. The molecule has 5 rings (SSSR count). The van der Waals surface area contributed by atoms with Crippen LogP contribution in [0.3, 0.4) is 0 Å². The Labute approximate surface area is 218 Å². The number of ether oxygens (including phenoxy) is 1. The molecule has 3 aromatic rings. The molecule has 10 heteroatoms. The van der Waals surface area contributed by atoms with Crippen LogP contribution in [-0.4, -0.2) is 72.7 Å². The van der Waals surface area contributed by atoms with Crippen LogP contribution in [0.25, 0.3) is 0 Å². The van der Waals surface area contributed by atoms with Crippen molar-refractivity contribution in [2.45, 2.75) is 38.0 Å². The molecular formula is C27H37N9O. The van der Waals surface area contributed by atoms with E-state index in [2.05, 4.69) is 56.0 Å². The van der Waals surface area contributed by atoms with E-state index in [1.165, 1.54) is 18.5 Å². The van der Waals surface area contributed by atoms with Gasteiger partial charge < -0.3 is 30.5 Å². The van der Waals surface area contributed by atoms with E-state index in [0.717, 1.165) is 36.8 Å². The van der Waals surface area contributed by atoms with Gasteiger partial charge in [0, 0.05) is 49.8 Å². The number of aromatic nitrogens is 4. The summed E-state index contributed by atoms with van der Waals surface area (Å²) in [5.74, 6) is 3.20. The average molecular weight is 504 g/mol. The van der Waals surface area contributed by atoms with Gasteiger partial charge in [0.15, 0.2) is 5.82 Å². The summed E-state index contributed by atoms with van der Waals surface area (Å²) in [6.07, 6.45) is 4.06. The van der Waals surface area contributed by atoms with Crippen LogP contribution in [0, 0.1) is 0 Å². The molecule has 0 radical (unpaired) electrons. The average Bonchev–Trinajstić information content (AvgIpc) is 3.68. The zero-order valence-corrected chi connectivity index (χ0v) is 22.6. The molecule has 0 aromatic carbocycles. The number of nitrogens with two attached hydrogens (primary N) is 1. The van der Waals surface area contributed by atoms with Crippen LogP contribution in [0.2, 0.25) is 0 Å². The molecule has 1 aliphatic carbocycles. The van der Waals surface area contributed by atoms with Crippen LogP contribution in [0.15, 0.2) is 30.6 Å². The van der Waals surface area contributed by atoms with E-state index in [9.17, 15) is 0 Å². The molecule has 4 heterocycles. The van der Waals surface area contributed by atoms with Crippen molar-refractivity contribution in [3.8, 4) is 5.88 Å². The molecule has 2 aliphatic rings. The number of likely N-dealkylation sites (N-methyl/N-ethyl adjacent to an activating group) is 2. The number of pyridine rings is 2. The second-order valence-corrected chi connectivity index (χ2v) is 10.9. The summed E-state index contributed by atoms with van der Waals surface area (Å²) in [7, 11) is 7.66. The van der Waals surface area contributed by atoms with Gasteiger partial charge in [0.2, 0.25) is 5.88 Å². The molecule has 0 amide bonds. The third kappa shape index (κ3) is 5.11. The lowest BCUT2D eigenvalue weighted by Crippen LogP contribution is -2.29. The van der Waals surface area contributed by atoms with E-state index in [1.807, 2.05) is 38.2 Å². The minimum Gasteiger partial charge on any atom is -0.479 e. The maximum absolute atomic E-state index is 6.39. The molecule has 0 spiro atoms. The first-order chi connectivity index (χ1) is 17.7. The fourth-order valence-corrected chi connectivity index (χ4v) is 4.76. The summed E-state index contributed by atoms with van der Waals surface area (Å²) in [5, 5.41) is 3.33. The Balaban J connectivity index is 1.40. The number of methoxy groups -OCH3 is 1. The summed E-state index contributed by atoms with van der Waals surface area (Å²) in [4.78, 5) is 25.2. The Morgan fingerprint density at radius 1 is 1.11 bits per heavy atom. The normalized spacial score (nSPS) is 16.1. The van der Waals surface area contributed by atoms with Gasteiger partial charge in [-0.2, -0.15) is 4.98 Å². The van der Waals surface area contributed by atoms with Crippen LogP contribution in [0.1, 0.15) is 44.0 Å². The van der Waals surface area contributed by atoms with Gasteiger partial charge in [-0.3, -0.25) is 4.98 Å². The van der Waals surface area contributed by atoms with Gasteiger partial charge in [0.05, 0.1) is 24.2 Å². The van der Waals surface area contributed by atoms with Crippen LogP contribution in [0.4, 0.5) is 34.5 Å². The Morgan fingerprint density at radius 3 is 2.59 bits per heavy atom. The summed E-state index contributed by atoms with van der Waals surface area (Å²) in [6, 6.07) is 8.14. The van der Waals surface area contributed by atoms with Crippen molar-refractivity contribution in [1.29, 1.82) is 0 Å². The van der Waals surface area contributed by atoms with Crippen LogP contribution in [0.5, 0.6) is 5.88 Å². The molecule has 3 aromatic heterocycles. The molecule has 3 N–H and O–H groups in total. The van der Waals surface area contributed by atoms with Gasteiger partial charge in [-0.05, 0) is 45.1 Å². The van der Waals surface area contributed by atoms with Crippen LogP contribution >= 0.6 is 0 Å².